The molecule has 1 rings (SSSR count). The van der Waals surface area contributed by atoms with Crippen LogP contribution in [-0.2, 0) is 6.54 Å². The highest BCUT2D eigenvalue weighted by Crippen LogP contribution is 2.04. The second-order valence-corrected chi connectivity index (χ2v) is 3.53. The molecule has 0 aromatic carbocycles. The SMILES string of the molecule is CCCC(=N)N(CC)Cc1ccccn1. The topological polar surface area (TPSA) is 40.0 Å². The zero-order valence-corrected chi connectivity index (χ0v) is 9.53. The van der Waals surface area contributed by atoms with Crippen LogP contribution in [-0.4, -0.2) is 22.3 Å². The van der Waals surface area contributed by atoms with Crippen molar-refractivity contribution in [3.63, 3.8) is 0 Å². The van der Waals surface area contributed by atoms with Gasteiger partial charge in [-0.05, 0) is 25.5 Å². The first kappa shape index (κ1) is 11.7. The minimum absolute atomic E-state index is 0.714. The Morgan fingerprint density at radius 2 is 2.20 bits per heavy atom. The van der Waals surface area contributed by atoms with E-state index in [1.807, 2.05) is 18.2 Å². The molecule has 3 heteroatoms. The maximum Gasteiger partial charge on any atom is 0.0960 e. The summed E-state index contributed by atoms with van der Waals surface area (Å²) in [6.07, 6.45) is 3.67. The first-order valence-corrected chi connectivity index (χ1v) is 5.50. The lowest BCUT2D eigenvalue weighted by Gasteiger charge is -2.22. The van der Waals surface area contributed by atoms with Crippen LogP contribution >= 0.6 is 0 Å². The fraction of sp³-hybridized carbons (Fsp3) is 0.500. The van der Waals surface area contributed by atoms with Crippen LogP contribution in [0.1, 0.15) is 32.4 Å². The quantitative estimate of drug-likeness (QED) is 0.593. The molecule has 1 N–H and O–H groups in total. The molecule has 0 bridgehead atoms. The van der Waals surface area contributed by atoms with Crippen LogP contribution in [0, 0.1) is 5.41 Å². The van der Waals surface area contributed by atoms with E-state index in [0.717, 1.165) is 31.6 Å². The van der Waals surface area contributed by atoms with Crippen LogP contribution in [0.25, 0.3) is 0 Å². The van der Waals surface area contributed by atoms with Crippen molar-refractivity contribution in [2.45, 2.75) is 33.2 Å². The first-order chi connectivity index (χ1) is 7.27. The number of hydrogen-bond donors (Lipinski definition) is 1. The summed E-state index contributed by atoms with van der Waals surface area (Å²) >= 11 is 0. The second kappa shape index (κ2) is 6.17. The van der Waals surface area contributed by atoms with E-state index in [0.29, 0.717) is 5.84 Å². The van der Waals surface area contributed by atoms with Gasteiger partial charge in [0.05, 0.1) is 18.1 Å². The molecule has 0 spiro atoms. The van der Waals surface area contributed by atoms with Gasteiger partial charge in [0, 0.05) is 19.2 Å². The van der Waals surface area contributed by atoms with Crippen molar-refractivity contribution in [1.29, 1.82) is 5.41 Å². The Hall–Kier alpha value is -1.38. The Balaban J connectivity index is 2.58. The molecule has 0 saturated heterocycles. The molecule has 1 aromatic heterocycles. The standard InChI is InChI=1S/C12H19N3/c1-3-7-12(13)15(4-2)10-11-8-5-6-9-14-11/h5-6,8-9,13H,3-4,7,10H2,1-2H3. The summed E-state index contributed by atoms with van der Waals surface area (Å²) in [5, 5.41) is 7.89. The number of rotatable bonds is 5. The Morgan fingerprint density at radius 3 is 2.73 bits per heavy atom. The molecular weight excluding hydrogens is 186 g/mol. The van der Waals surface area contributed by atoms with E-state index in [1.54, 1.807) is 6.20 Å². The van der Waals surface area contributed by atoms with Crippen LogP contribution < -0.4 is 0 Å². The average molecular weight is 205 g/mol. The smallest absolute Gasteiger partial charge is 0.0960 e. The van der Waals surface area contributed by atoms with Crippen molar-refractivity contribution >= 4 is 5.84 Å². The van der Waals surface area contributed by atoms with E-state index in [4.69, 9.17) is 5.41 Å². The predicted molar refractivity (Wildman–Crippen MR) is 63.0 cm³/mol. The van der Waals surface area contributed by atoms with Crippen LogP contribution in [0.15, 0.2) is 24.4 Å². The fourth-order valence-corrected chi connectivity index (χ4v) is 1.48. The minimum Gasteiger partial charge on any atom is -0.355 e. The number of aromatic nitrogens is 1. The summed E-state index contributed by atoms with van der Waals surface area (Å²) in [5.41, 5.74) is 1.03. The van der Waals surface area contributed by atoms with Gasteiger partial charge in [0.2, 0.25) is 0 Å². The maximum atomic E-state index is 7.89. The monoisotopic (exact) mass is 205 g/mol. The number of hydrogen-bond acceptors (Lipinski definition) is 2. The van der Waals surface area contributed by atoms with E-state index in [9.17, 15) is 0 Å². The van der Waals surface area contributed by atoms with Crippen LogP contribution in [0.3, 0.4) is 0 Å². The van der Waals surface area contributed by atoms with Crippen LogP contribution in [0.4, 0.5) is 0 Å². The van der Waals surface area contributed by atoms with Crippen molar-refractivity contribution in [2.24, 2.45) is 0 Å². The Kier molecular flexibility index (Phi) is 4.81. The van der Waals surface area contributed by atoms with Crippen molar-refractivity contribution in [2.75, 3.05) is 6.54 Å². The van der Waals surface area contributed by atoms with Gasteiger partial charge in [-0.25, -0.2) is 0 Å². The Morgan fingerprint density at radius 1 is 1.40 bits per heavy atom. The molecule has 82 valence electrons. The number of amidine groups is 1. The van der Waals surface area contributed by atoms with E-state index < -0.39 is 0 Å². The second-order valence-electron chi connectivity index (χ2n) is 3.53. The van der Waals surface area contributed by atoms with E-state index in [-0.39, 0.29) is 0 Å². The van der Waals surface area contributed by atoms with Gasteiger partial charge in [-0.3, -0.25) is 10.4 Å². The third-order valence-electron chi connectivity index (χ3n) is 2.33. The molecule has 0 amide bonds. The van der Waals surface area contributed by atoms with Crippen molar-refractivity contribution in [3.8, 4) is 0 Å². The minimum atomic E-state index is 0.714. The number of pyridine rings is 1. The predicted octanol–water partition coefficient (Wildman–Crippen LogP) is 2.68. The van der Waals surface area contributed by atoms with Gasteiger partial charge in [-0.15, -0.1) is 0 Å². The van der Waals surface area contributed by atoms with Gasteiger partial charge in [-0.2, -0.15) is 0 Å². The Bertz CT molecular complexity index is 295. The van der Waals surface area contributed by atoms with Crippen molar-refractivity contribution in [1.82, 2.24) is 9.88 Å². The van der Waals surface area contributed by atoms with Crippen molar-refractivity contribution in [3.05, 3.63) is 30.1 Å². The highest BCUT2D eigenvalue weighted by Gasteiger charge is 2.07. The molecule has 0 atom stereocenters. The van der Waals surface area contributed by atoms with E-state index >= 15 is 0 Å². The molecule has 0 saturated carbocycles. The molecule has 0 aliphatic carbocycles. The maximum absolute atomic E-state index is 7.89. The number of nitrogens with zero attached hydrogens (tertiary/aromatic N) is 2. The number of nitrogens with one attached hydrogen (secondary N) is 1. The van der Waals surface area contributed by atoms with E-state index in [1.165, 1.54) is 0 Å². The van der Waals surface area contributed by atoms with Crippen molar-refractivity contribution < 1.29 is 0 Å². The van der Waals surface area contributed by atoms with Gasteiger partial charge in [-0.1, -0.05) is 13.0 Å². The molecule has 0 unspecified atom stereocenters. The first-order valence-electron chi connectivity index (χ1n) is 5.50. The summed E-state index contributed by atoms with van der Waals surface area (Å²) in [6, 6.07) is 5.90. The lowest BCUT2D eigenvalue weighted by molar-refractivity contribution is 0.416. The molecule has 1 aromatic rings. The largest absolute Gasteiger partial charge is 0.355 e. The zero-order valence-electron chi connectivity index (χ0n) is 9.53. The summed E-state index contributed by atoms with van der Waals surface area (Å²) in [5.74, 6) is 0.714. The molecule has 0 fully saturated rings. The Labute approximate surface area is 91.7 Å². The normalized spacial score (nSPS) is 10.0. The average Bonchev–Trinajstić information content (AvgIpc) is 2.27. The van der Waals surface area contributed by atoms with Gasteiger partial charge in [0.1, 0.15) is 0 Å². The summed E-state index contributed by atoms with van der Waals surface area (Å²) in [6.45, 7) is 5.79. The zero-order chi connectivity index (χ0) is 11.1. The fourth-order valence-electron chi connectivity index (χ4n) is 1.48. The highest BCUT2D eigenvalue weighted by atomic mass is 15.2. The van der Waals surface area contributed by atoms with Crippen LogP contribution in [0.2, 0.25) is 0 Å². The molecule has 15 heavy (non-hydrogen) atoms. The summed E-state index contributed by atoms with van der Waals surface area (Å²) in [7, 11) is 0. The summed E-state index contributed by atoms with van der Waals surface area (Å²) in [4.78, 5) is 6.33. The third-order valence-corrected chi connectivity index (χ3v) is 2.33. The molecule has 1 heterocycles. The third kappa shape index (κ3) is 3.70. The van der Waals surface area contributed by atoms with Crippen LogP contribution in [0.5, 0.6) is 0 Å². The summed E-state index contributed by atoms with van der Waals surface area (Å²) < 4.78 is 0. The van der Waals surface area contributed by atoms with E-state index in [2.05, 4.69) is 23.7 Å². The highest BCUT2D eigenvalue weighted by molar-refractivity contribution is 5.78. The van der Waals surface area contributed by atoms with Gasteiger partial charge in [0.15, 0.2) is 0 Å². The van der Waals surface area contributed by atoms with Gasteiger partial charge < -0.3 is 4.90 Å². The lowest BCUT2D eigenvalue weighted by Crippen LogP contribution is -2.29. The molecular formula is C12H19N3. The lowest BCUT2D eigenvalue weighted by atomic mass is 10.2. The van der Waals surface area contributed by atoms with Gasteiger partial charge >= 0.3 is 0 Å². The molecule has 0 radical (unpaired) electrons. The molecule has 3 nitrogen and oxygen atoms in total. The molecule has 0 aliphatic heterocycles. The van der Waals surface area contributed by atoms with Gasteiger partial charge in [0.25, 0.3) is 0 Å². The molecule has 0 aliphatic rings.